The van der Waals surface area contributed by atoms with Crippen LogP contribution >= 0.6 is 0 Å². The van der Waals surface area contributed by atoms with Gasteiger partial charge in [-0.2, -0.15) is 0 Å². The van der Waals surface area contributed by atoms with Crippen LogP contribution in [0.3, 0.4) is 0 Å². The minimum absolute atomic E-state index is 0.231. The maximum Gasteiger partial charge on any atom is 0.145 e. The molecule has 0 spiro atoms. The van der Waals surface area contributed by atoms with Crippen molar-refractivity contribution in [3.8, 4) is 39.6 Å². The van der Waals surface area contributed by atoms with Crippen molar-refractivity contribution in [2.75, 3.05) is 0 Å². The molecule has 0 aliphatic heterocycles. The summed E-state index contributed by atoms with van der Waals surface area (Å²) in [6, 6.07) is 65.9. The van der Waals surface area contributed by atoms with E-state index < -0.39 is 0 Å². The lowest BCUT2D eigenvalue weighted by Crippen LogP contribution is -2.15. The molecule has 56 heavy (non-hydrogen) atoms. The Balaban J connectivity index is 1.22. The summed E-state index contributed by atoms with van der Waals surface area (Å²) in [4.78, 5) is 5.12. The number of benzene rings is 8. The molecule has 3 aromatic heterocycles. The largest absolute Gasteiger partial charge is 0.309 e. The third-order valence-electron chi connectivity index (χ3n) is 12.2. The van der Waals surface area contributed by atoms with Gasteiger partial charge in [0.1, 0.15) is 5.82 Å². The zero-order valence-corrected chi connectivity index (χ0v) is 31.1. The molecule has 4 nitrogen and oxygen atoms in total. The van der Waals surface area contributed by atoms with E-state index in [1.807, 2.05) is 0 Å². The molecule has 0 saturated heterocycles. The molecule has 0 atom stereocenters. The predicted molar refractivity (Wildman–Crippen MR) is 233 cm³/mol. The van der Waals surface area contributed by atoms with E-state index in [1.165, 1.54) is 65.9 Å². The maximum absolute atomic E-state index is 5.12. The molecular weight excluding hydrogens is 681 g/mol. The fraction of sp³-hybridized carbons (Fsp3) is 0.0577. The number of aromatic nitrogens is 4. The minimum atomic E-state index is -0.231. The van der Waals surface area contributed by atoms with Gasteiger partial charge < -0.3 is 9.13 Å². The monoisotopic (exact) mass is 716 g/mol. The van der Waals surface area contributed by atoms with Crippen molar-refractivity contribution >= 4 is 54.6 Å². The van der Waals surface area contributed by atoms with Gasteiger partial charge in [0.2, 0.25) is 0 Å². The van der Waals surface area contributed by atoms with E-state index in [4.69, 9.17) is 4.98 Å². The highest BCUT2D eigenvalue weighted by Gasteiger charge is 2.41. The lowest BCUT2D eigenvalue weighted by atomic mass is 9.80. The molecule has 1 aliphatic rings. The molecule has 0 saturated carbocycles. The molecule has 264 valence electrons. The van der Waals surface area contributed by atoms with Crippen molar-refractivity contribution in [2.45, 2.75) is 19.3 Å². The number of imidazole rings is 1. The van der Waals surface area contributed by atoms with Crippen molar-refractivity contribution in [2.24, 2.45) is 0 Å². The number of fused-ring (bicyclic) bond motifs is 13. The molecule has 3 heterocycles. The van der Waals surface area contributed by atoms with E-state index in [9.17, 15) is 0 Å². The van der Waals surface area contributed by atoms with Crippen molar-refractivity contribution in [1.29, 1.82) is 0 Å². The van der Waals surface area contributed by atoms with E-state index in [1.54, 1.807) is 0 Å². The molecule has 0 N–H and O–H groups in total. The number of nitrogens with zero attached hydrogens (tertiary/aromatic N) is 4. The van der Waals surface area contributed by atoms with Gasteiger partial charge in [0.15, 0.2) is 0 Å². The summed E-state index contributed by atoms with van der Waals surface area (Å²) in [6.45, 7) is 4.83. The van der Waals surface area contributed by atoms with Crippen LogP contribution in [-0.2, 0) is 5.41 Å². The van der Waals surface area contributed by atoms with Crippen molar-refractivity contribution in [3.05, 3.63) is 193 Å². The molecule has 0 bridgehead atoms. The first-order chi connectivity index (χ1) is 27.6. The van der Waals surface area contributed by atoms with Crippen LogP contribution in [0, 0.1) is 0 Å². The number of para-hydroxylation sites is 5. The van der Waals surface area contributed by atoms with Crippen molar-refractivity contribution in [1.82, 2.24) is 18.7 Å². The van der Waals surface area contributed by atoms with Crippen LogP contribution in [-0.4, -0.2) is 18.7 Å². The number of hydrogen-bond donors (Lipinski definition) is 0. The zero-order valence-electron chi connectivity index (χ0n) is 31.1. The summed E-state index contributed by atoms with van der Waals surface area (Å²) >= 11 is 0. The quantitative estimate of drug-likeness (QED) is 0.178. The Hall–Kier alpha value is -7.17. The van der Waals surface area contributed by atoms with Crippen LogP contribution in [0.2, 0.25) is 0 Å². The summed E-state index contributed by atoms with van der Waals surface area (Å²) in [7, 11) is 0. The topological polar surface area (TPSA) is 27.7 Å². The highest BCUT2D eigenvalue weighted by atomic mass is 15.1. The Kier molecular flexibility index (Phi) is 6.37. The molecule has 1 aliphatic carbocycles. The fourth-order valence-corrected chi connectivity index (χ4v) is 9.89. The molecular formula is C52H36N4. The Morgan fingerprint density at radius 2 is 0.946 bits per heavy atom. The second-order valence-corrected chi connectivity index (χ2v) is 15.6. The average Bonchev–Trinajstić information content (AvgIpc) is 3.97. The van der Waals surface area contributed by atoms with Crippen LogP contribution in [0.5, 0.6) is 0 Å². The van der Waals surface area contributed by atoms with E-state index >= 15 is 0 Å². The molecule has 0 fully saturated rings. The first kappa shape index (κ1) is 31.2. The van der Waals surface area contributed by atoms with Gasteiger partial charge in [-0.15, -0.1) is 0 Å². The molecule has 11 aromatic rings. The summed E-state index contributed by atoms with van der Waals surface area (Å²) in [6.07, 6.45) is 0. The Morgan fingerprint density at radius 3 is 1.66 bits per heavy atom. The van der Waals surface area contributed by atoms with Gasteiger partial charge in [-0.1, -0.05) is 135 Å². The van der Waals surface area contributed by atoms with E-state index in [-0.39, 0.29) is 5.41 Å². The summed E-state index contributed by atoms with van der Waals surface area (Å²) in [5.74, 6) is 0.934. The maximum atomic E-state index is 5.12. The minimum Gasteiger partial charge on any atom is -0.309 e. The third-order valence-corrected chi connectivity index (χ3v) is 12.2. The summed E-state index contributed by atoms with van der Waals surface area (Å²) in [5.41, 5.74) is 16.6. The Labute approximate surface area is 324 Å². The van der Waals surface area contributed by atoms with Crippen LogP contribution in [0.4, 0.5) is 0 Å². The Morgan fingerprint density at radius 1 is 0.429 bits per heavy atom. The summed E-state index contributed by atoms with van der Waals surface area (Å²) < 4.78 is 7.34. The standard InChI is InChI=1S/C52H36N4/c1-52(2)40-24-12-9-21-37(40)45-48(52)46-38-22-10-14-26-42(38)55(50(46)47-39-23-11-15-27-43(39)54(49(45)47)34-19-7-4-8-20-34)35-29-31-36(32-30-35)56-44-28-16-13-25-41(44)53-51(56)33-17-5-3-6-18-33/h3-32H,1-2H3. The summed E-state index contributed by atoms with van der Waals surface area (Å²) in [5, 5.41) is 5.13. The van der Waals surface area contributed by atoms with Gasteiger partial charge >= 0.3 is 0 Å². The molecule has 0 unspecified atom stereocenters. The van der Waals surface area contributed by atoms with Gasteiger partial charge in [0.05, 0.1) is 33.1 Å². The number of hydrogen-bond acceptors (Lipinski definition) is 1. The third kappa shape index (κ3) is 4.10. The van der Waals surface area contributed by atoms with Crippen LogP contribution < -0.4 is 0 Å². The predicted octanol–water partition coefficient (Wildman–Crippen LogP) is 13.2. The first-order valence-corrected chi connectivity index (χ1v) is 19.4. The zero-order chi connectivity index (χ0) is 37.1. The lowest BCUT2D eigenvalue weighted by molar-refractivity contribution is 0.667. The van der Waals surface area contributed by atoms with Crippen molar-refractivity contribution < 1.29 is 0 Å². The smallest absolute Gasteiger partial charge is 0.145 e. The second-order valence-electron chi connectivity index (χ2n) is 15.6. The SMILES string of the molecule is CC1(C)c2ccccc2-c2c1c1c3ccccc3n(-c3ccc(-n4c(-c5ccccc5)nc5ccccc54)cc3)c1c1c3ccccc3n(-c3ccccc3)c21. The van der Waals surface area contributed by atoms with Crippen LogP contribution in [0.1, 0.15) is 25.0 Å². The van der Waals surface area contributed by atoms with Gasteiger partial charge in [0, 0.05) is 55.1 Å². The van der Waals surface area contributed by atoms with Gasteiger partial charge in [0.25, 0.3) is 0 Å². The molecule has 4 heteroatoms. The second kappa shape index (κ2) is 11.4. The highest BCUT2D eigenvalue weighted by molar-refractivity contribution is 6.31. The highest BCUT2D eigenvalue weighted by Crippen LogP contribution is 2.58. The van der Waals surface area contributed by atoms with E-state index in [0.717, 1.165) is 39.5 Å². The average molecular weight is 717 g/mol. The fourth-order valence-electron chi connectivity index (χ4n) is 9.89. The van der Waals surface area contributed by atoms with Gasteiger partial charge in [-0.05, 0) is 77.4 Å². The normalized spacial score (nSPS) is 13.3. The van der Waals surface area contributed by atoms with Crippen LogP contribution in [0.15, 0.2) is 182 Å². The van der Waals surface area contributed by atoms with E-state index in [0.29, 0.717) is 0 Å². The molecule has 12 rings (SSSR count). The lowest BCUT2D eigenvalue weighted by Gasteiger charge is -2.23. The van der Waals surface area contributed by atoms with Crippen molar-refractivity contribution in [3.63, 3.8) is 0 Å². The first-order valence-electron chi connectivity index (χ1n) is 19.4. The van der Waals surface area contributed by atoms with Crippen LogP contribution in [0.25, 0.3) is 94.2 Å². The molecule has 0 amide bonds. The number of rotatable bonds is 4. The Bertz CT molecular complexity index is 3360. The molecule has 0 radical (unpaired) electrons. The van der Waals surface area contributed by atoms with Gasteiger partial charge in [-0.3, -0.25) is 4.57 Å². The van der Waals surface area contributed by atoms with E-state index in [2.05, 4.69) is 210 Å². The van der Waals surface area contributed by atoms with Gasteiger partial charge in [-0.25, -0.2) is 4.98 Å². The molecule has 8 aromatic carbocycles.